The van der Waals surface area contributed by atoms with E-state index < -0.39 is 34.0 Å². The van der Waals surface area contributed by atoms with Gasteiger partial charge >= 0.3 is 6.09 Å². The predicted octanol–water partition coefficient (Wildman–Crippen LogP) is 4.03. The molecule has 206 valence electrons. The van der Waals surface area contributed by atoms with Crippen molar-refractivity contribution in [3.63, 3.8) is 0 Å². The first-order chi connectivity index (χ1) is 18.0. The predicted molar refractivity (Wildman–Crippen MR) is 138 cm³/mol. The van der Waals surface area contributed by atoms with Gasteiger partial charge in [0.05, 0.1) is 17.0 Å². The third kappa shape index (κ3) is 5.27. The van der Waals surface area contributed by atoms with Gasteiger partial charge in [-0.15, -0.1) is 0 Å². The Balaban J connectivity index is 1.47. The topological polar surface area (TPSA) is 126 Å². The Labute approximate surface area is 222 Å². The van der Waals surface area contributed by atoms with Gasteiger partial charge in [-0.3, -0.25) is 4.90 Å². The number of sulfonamides is 1. The van der Waals surface area contributed by atoms with E-state index >= 15 is 0 Å². The van der Waals surface area contributed by atoms with Crippen LogP contribution in [0.5, 0.6) is 17.2 Å². The molecule has 2 N–H and O–H groups in total. The Kier molecular flexibility index (Phi) is 7.19. The van der Waals surface area contributed by atoms with Crippen molar-refractivity contribution < 1.29 is 37.6 Å². The molecule has 0 bridgehead atoms. The SMILES string of the molecule is CC1(C)O[C@H](CN(CC2CCCC2)S(=O)(=O)c2ccc3c(c2)OCO3)[C@H](Cc2ccc(O)cc2)N1C(=O)O. The lowest BCUT2D eigenvalue weighted by atomic mass is 9.99. The summed E-state index contributed by atoms with van der Waals surface area (Å²) < 4.78 is 46.5. The molecule has 2 aromatic carbocycles. The van der Waals surface area contributed by atoms with Crippen molar-refractivity contribution in [3.8, 4) is 17.2 Å². The Bertz CT molecular complexity index is 1270. The van der Waals surface area contributed by atoms with E-state index in [9.17, 15) is 23.4 Å². The zero-order valence-electron chi connectivity index (χ0n) is 21.6. The molecule has 10 nitrogen and oxygen atoms in total. The summed E-state index contributed by atoms with van der Waals surface area (Å²) in [7, 11) is -3.96. The molecule has 38 heavy (non-hydrogen) atoms. The van der Waals surface area contributed by atoms with Crippen LogP contribution in [0, 0.1) is 5.92 Å². The zero-order chi connectivity index (χ0) is 27.1. The summed E-state index contributed by atoms with van der Waals surface area (Å²) in [6.45, 7) is 3.73. The molecule has 2 atom stereocenters. The van der Waals surface area contributed by atoms with Gasteiger partial charge in [0.2, 0.25) is 16.8 Å². The van der Waals surface area contributed by atoms with Gasteiger partial charge in [0, 0.05) is 19.2 Å². The number of hydrogen-bond donors (Lipinski definition) is 2. The van der Waals surface area contributed by atoms with Crippen LogP contribution < -0.4 is 9.47 Å². The van der Waals surface area contributed by atoms with Crippen molar-refractivity contribution in [3.05, 3.63) is 48.0 Å². The van der Waals surface area contributed by atoms with Crippen molar-refractivity contribution in [2.24, 2.45) is 5.92 Å². The van der Waals surface area contributed by atoms with E-state index in [0.717, 1.165) is 31.2 Å². The summed E-state index contributed by atoms with van der Waals surface area (Å²) in [4.78, 5) is 13.7. The van der Waals surface area contributed by atoms with Gasteiger partial charge < -0.3 is 24.4 Å². The van der Waals surface area contributed by atoms with Crippen molar-refractivity contribution >= 4 is 16.1 Å². The summed E-state index contributed by atoms with van der Waals surface area (Å²) >= 11 is 0. The normalized spacial score (nSPS) is 22.9. The summed E-state index contributed by atoms with van der Waals surface area (Å²) in [6.07, 6.45) is 2.48. The minimum Gasteiger partial charge on any atom is -0.508 e. The van der Waals surface area contributed by atoms with Crippen molar-refractivity contribution in [1.29, 1.82) is 0 Å². The number of ether oxygens (including phenoxy) is 3. The van der Waals surface area contributed by atoms with E-state index in [-0.39, 0.29) is 29.9 Å². The maximum atomic E-state index is 14.0. The molecule has 2 fully saturated rings. The first kappa shape index (κ1) is 26.6. The number of phenols is 1. The summed E-state index contributed by atoms with van der Waals surface area (Å²) in [5.41, 5.74) is -0.342. The van der Waals surface area contributed by atoms with Crippen LogP contribution in [0.3, 0.4) is 0 Å². The second kappa shape index (κ2) is 10.3. The highest BCUT2D eigenvalue weighted by molar-refractivity contribution is 7.89. The number of amides is 1. The lowest BCUT2D eigenvalue weighted by molar-refractivity contribution is -0.0691. The number of nitrogens with zero attached hydrogens (tertiary/aromatic N) is 2. The highest BCUT2D eigenvalue weighted by Gasteiger charge is 2.51. The Morgan fingerprint density at radius 1 is 1.05 bits per heavy atom. The van der Waals surface area contributed by atoms with Crippen LogP contribution in [0.4, 0.5) is 4.79 Å². The summed E-state index contributed by atoms with van der Waals surface area (Å²) in [6, 6.07) is 10.5. The molecule has 1 aliphatic carbocycles. The molecule has 0 spiro atoms. The maximum absolute atomic E-state index is 14.0. The van der Waals surface area contributed by atoms with E-state index in [1.165, 1.54) is 21.3 Å². The number of aromatic hydroxyl groups is 1. The van der Waals surface area contributed by atoms with Gasteiger partial charge in [-0.05, 0) is 68.9 Å². The molecule has 1 amide bonds. The number of carbonyl (C=O) groups is 1. The molecule has 0 unspecified atom stereocenters. The van der Waals surface area contributed by atoms with Gasteiger partial charge in [-0.25, -0.2) is 13.2 Å². The number of hydrogen-bond acceptors (Lipinski definition) is 7. The number of carboxylic acid groups (broad SMARTS) is 1. The Morgan fingerprint density at radius 2 is 1.74 bits per heavy atom. The van der Waals surface area contributed by atoms with Crippen LogP contribution >= 0.6 is 0 Å². The molecule has 2 aromatic rings. The minimum atomic E-state index is -3.96. The van der Waals surface area contributed by atoms with E-state index in [0.29, 0.717) is 24.5 Å². The van der Waals surface area contributed by atoms with E-state index in [4.69, 9.17) is 14.2 Å². The number of fused-ring (bicyclic) bond motifs is 1. The molecule has 2 aliphatic heterocycles. The smallest absolute Gasteiger partial charge is 0.409 e. The molecule has 5 rings (SSSR count). The van der Waals surface area contributed by atoms with Crippen molar-refractivity contribution in [2.75, 3.05) is 19.9 Å². The average Bonchev–Trinajstić information content (AvgIpc) is 3.59. The molecule has 1 saturated heterocycles. The van der Waals surface area contributed by atoms with Crippen LogP contribution in [0.25, 0.3) is 0 Å². The second-order valence-corrected chi connectivity index (χ2v) is 12.6. The molecule has 2 heterocycles. The minimum absolute atomic E-state index is 0.00321. The lowest BCUT2D eigenvalue weighted by Gasteiger charge is -2.31. The number of phenolic OH excluding ortho intramolecular Hbond substituents is 1. The van der Waals surface area contributed by atoms with Crippen molar-refractivity contribution in [2.45, 2.75) is 68.7 Å². The monoisotopic (exact) mass is 546 g/mol. The third-order valence-corrected chi connectivity index (χ3v) is 9.50. The maximum Gasteiger partial charge on any atom is 0.409 e. The van der Waals surface area contributed by atoms with Gasteiger partial charge in [-0.2, -0.15) is 4.31 Å². The summed E-state index contributed by atoms with van der Waals surface area (Å²) in [5, 5.41) is 19.8. The first-order valence-electron chi connectivity index (χ1n) is 12.9. The Hall–Kier alpha value is -3.02. The van der Waals surface area contributed by atoms with Crippen LogP contribution in [0.1, 0.15) is 45.1 Å². The molecule has 0 radical (unpaired) electrons. The Morgan fingerprint density at radius 3 is 2.42 bits per heavy atom. The standard InChI is InChI=1S/C27H34N2O8S/c1-27(2)29(26(31)32)22(13-18-7-9-20(30)10-8-18)25(37-27)16-28(15-19-5-3-4-6-19)38(33,34)21-11-12-23-24(14-21)36-17-35-23/h7-12,14,19,22,25,30H,3-6,13,15-17H2,1-2H3,(H,31,32)/t22-,25+/m0/s1. The summed E-state index contributed by atoms with van der Waals surface area (Å²) in [5.74, 6) is 1.21. The quantitative estimate of drug-likeness (QED) is 0.508. The van der Waals surface area contributed by atoms with Crippen LogP contribution in [-0.4, -0.2) is 71.7 Å². The average molecular weight is 547 g/mol. The molecular weight excluding hydrogens is 512 g/mol. The fourth-order valence-electron chi connectivity index (χ4n) is 5.84. The second-order valence-electron chi connectivity index (χ2n) is 10.7. The zero-order valence-corrected chi connectivity index (χ0v) is 22.4. The van der Waals surface area contributed by atoms with Crippen LogP contribution in [0.15, 0.2) is 47.4 Å². The molecule has 11 heteroatoms. The highest BCUT2D eigenvalue weighted by atomic mass is 32.2. The number of benzene rings is 2. The van der Waals surface area contributed by atoms with Gasteiger partial charge in [0.25, 0.3) is 0 Å². The van der Waals surface area contributed by atoms with Crippen LogP contribution in [-0.2, 0) is 21.2 Å². The molecule has 0 aromatic heterocycles. The van der Waals surface area contributed by atoms with Gasteiger partial charge in [0.15, 0.2) is 11.5 Å². The van der Waals surface area contributed by atoms with Crippen molar-refractivity contribution in [1.82, 2.24) is 9.21 Å². The lowest BCUT2D eigenvalue weighted by Crippen LogP contribution is -2.50. The van der Waals surface area contributed by atoms with Crippen LogP contribution in [0.2, 0.25) is 0 Å². The largest absolute Gasteiger partial charge is 0.508 e. The molecule has 1 saturated carbocycles. The number of rotatable bonds is 8. The van der Waals surface area contributed by atoms with Gasteiger partial charge in [0.1, 0.15) is 11.5 Å². The first-order valence-corrected chi connectivity index (χ1v) is 14.4. The molecule has 3 aliphatic rings. The van der Waals surface area contributed by atoms with E-state index in [1.807, 2.05) is 0 Å². The fourth-order valence-corrected chi connectivity index (χ4v) is 7.38. The van der Waals surface area contributed by atoms with Gasteiger partial charge in [-0.1, -0.05) is 25.0 Å². The highest BCUT2D eigenvalue weighted by Crippen LogP contribution is 2.38. The molecular formula is C27H34N2O8S. The fraction of sp³-hybridized carbons (Fsp3) is 0.519. The van der Waals surface area contributed by atoms with E-state index in [2.05, 4.69) is 0 Å². The van der Waals surface area contributed by atoms with E-state index in [1.54, 1.807) is 44.2 Å². The third-order valence-electron chi connectivity index (χ3n) is 7.67.